The van der Waals surface area contributed by atoms with Gasteiger partial charge in [0.15, 0.2) is 0 Å². The average Bonchev–Trinajstić information content (AvgIpc) is 3.26. The van der Waals surface area contributed by atoms with E-state index in [0.717, 1.165) is 43.4 Å². The van der Waals surface area contributed by atoms with Gasteiger partial charge >= 0.3 is 0 Å². The molecule has 1 heterocycles. The van der Waals surface area contributed by atoms with Crippen LogP contribution in [0.3, 0.4) is 0 Å². The molecule has 32 heavy (non-hydrogen) atoms. The van der Waals surface area contributed by atoms with Gasteiger partial charge in [0.25, 0.3) is 0 Å². The number of unbranched alkanes of at least 4 members (excludes halogenated alkanes) is 1. The SMILES string of the molecule is N#C/C=C/CCCC(N(Cc1ccccc1)Cc1ccccc1)n1nnc2ccccc21. The zero-order valence-electron chi connectivity index (χ0n) is 18.1. The molecule has 0 aliphatic heterocycles. The molecule has 0 N–H and O–H groups in total. The fourth-order valence-electron chi connectivity index (χ4n) is 4.02. The molecular weight excluding hydrogens is 394 g/mol. The summed E-state index contributed by atoms with van der Waals surface area (Å²) in [7, 11) is 0. The van der Waals surface area contributed by atoms with Crippen LogP contribution in [0.2, 0.25) is 0 Å². The van der Waals surface area contributed by atoms with E-state index in [1.807, 2.05) is 24.3 Å². The van der Waals surface area contributed by atoms with Crippen LogP contribution in [0.15, 0.2) is 97.1 Å². The molecule has 1 aromatic heterocycles. The van der Waals surface area contributed by atoms with Crippen molar-refractivity contribution < 1.29 is 0 Å². The van der Waals surface area contributed by atoms with E-state index in [0.29, 0.717) is 0 Å². The van der Waals surface area contributed by atoms with E-state index >= 15 is 0 Å². The van der Waals surface area contributed by atoms with Gasteiger partial charge in [0.2, 0.25) is 0 Å². The Morgan fingerprint density at radius 2 is 1.50 bits per heavy atom. The Labute approximate surface area is 189 Å². The molecule has 5 nitrogen and oxygen atoms in total. The summed E-state index contributed by atoms with van der Waals surface area (Å²) < 4.78 is 2.06. The van der Waals surface area contributed by atoms with Crippen LogP contribution < -0.4 is 0 Å². The summed E-state index contributed by atoms with van der Waals surface area (Å²) in [4.78, 5) is 2.47. The minimum absolute atomic E-state index is 0.0401. The summed E-state index contributed by atoms with van der Waals surface area (Å²) in [6.07, 6.45) is 6.26. The first-order valence-corrected chi connectivity index (χ1v) is 11.0. The molecule has 5 heteroatoms. The Hall–Kier alpha value is -3.75. The van der Waals surface area contributed by atoms with Gasteiger partial charge in [0.05, 0.1) is 11.6 Å². The fraction of sp³-hybridized carbons (Fsp3) is 0.222. The highest BCUT2D eigenvalue weighted by molar-refractivity contribution is 5.73. The van der Waals surface area contributed by atoms with Crippen molar-refractivity contribution in [2.24, 2.45) is 0 Å². The average molecular weight is 422 g/mol. The van der Waals surface area contributed by atoms with Crippen molar-refractivity contribution in [1.29, 1.82) is 5.26 Å². The molecule has 0 aliphatic rings. The number of benzene rings is 3. The van der Waals surface area contributed by atoms with Crippen LogP contribution in [0.5, 0.6) is 0 Å². The van der Waals surface area contributed by atoms with Gasteiger partial charge in [-0.05, 0) is 42.5 Å². The summed E-state index contributed by atoms with van der Waals surface area (Å²) in [6.45, 7) is 1.62. The molecule has 160 valence electrons. The van der Waals surface area contributed by atoms with Crippen LogP contribution >= 0.6 is 0 Å². The van der Waals surface area contributed by atoms with Crippen molar-refractivity contribution >= 4 is 11.0 Å². The predicted octanol–water partition coefficient (Wildman–Crippen LogP) is 5.88. The summed E-state index contributed by atoms with van der Waals surface area (Å²) in [5, 5.41) is 17.8. The van der Waals surface area contributed by atoms with E-state index in [4.69, 9.17) is 5.26 Å². The quantitative estimate of drug-likeness (QED) is 0.237. The monoisotopic (exact) mass is 421 g/mol. The smallest absolute Gasteiger partial charge is 0.113 e. The number of nitriles is 1. The van der Waals surface area contributed by atoms with Gasteiger partial charge < -0.3 is 0 Å². The molecular formula is C27H27N5. The third-order valence-electron chi connectivity index (χ3n) is 5.56. The number of allylic oxidation sites excluding steroid dienone is 2. The Morgan fingerprint density at radius 3 is 2.16 bits per heavy atom. The normalized spacial score (nSPS) is 12.4. The Bertz CT molecular complexity index is 1130. The van der Waals surface area contributed by atoms with E-state index in [1.54, 1.807) is 6.08 Å². The molecule has 4 aromatic rings. The lowest BCUT2D eigenvalue weighted by Gasteiger charge is -2.32. The van der Waals surface area contributed by atoms with Crippen LogP contribution in [0.4, 0.5) is 0 Å². The van der Waals surface area contributed by atoms with Crippen molar-refractivity contribution in [3.05, 3.63) is 108 Å². The summed E-state index contributed by atoms with van der Waals surface area (Å²) in [6, 6.07) is 31.3. The van der Waals surface area contributed by atoms with Crippen molar-refractivity contribution in [2.75, 3.05) is 0 Å². The lowest BCUT2D eigenvalue weighted by Crippen LogP contribution is -2.33. The number of aromatic nitrogens is 3. The van der Waals surface area contributed by atoms with Gasteiger partial charge in [0.1, 0.15) is 11.7 Å². The highest BCUT2D eigenvalue weighted by Gasteiger charge is 2.23. The third-order valence-corrected chi connectivity index (χ3v) is 5.56. The first-order valence-electron chi connectivity index (χ1n) is 11.0. The fourth-order valence-corrected chi connectivity index (χ4v) is 4.02. The molecule has 1 unspecified atom stereocenters. The second-order valence-corrected chi connectivity index (χ2v) is 7.84. The van der Waals surface area contributed by atoms with Crippen molar-refractivity contribution in [3.8, 4) is 6.07 Å². The highest BCUT2D eigenvalue weighted by atomic mass is 15.5. The first-order chi connectivity index (χ1) is 15.8. The molecule has 4 rings (SSSR count). The minimum Gasteiger partial charge on any atom is -0.273 e. The molecule has 0 saturated carbocycles. The van der Waals surface area contributed by atoms with Crippen molar-refractivity contribution in [1.82, 2.24) is 19.9 Å². The maximum Gasteiger partial charge on any atom is 0.113 e. The first kappa shape index (κ1) is 21.5. The molecule has 0 spiro atoms. The Kier molecular flexibility index (Phi) is 7.41. The van der Waals surface area contributed by atoms with Crippen molar-refractivity contribution in [2.45, 2.75) is 38.5 Å². The second kappa shape index (κ2) is 11.0. The number of fused-ring (bicyclic) bond motifs is 1. The van der Waals surface area contributed by atoms with Gasteiger partial charge in [-0.1, -0.05) is 84.1 Å². The summed E-state index contributed by atoms with van der Waals surface area (Å²) >= 11 is 0. The number of rotatable bonds is 10. The van der Waals surface area contributed by atoms with Crippen LogP contribution in [0.25, 0.3) is 11.0 Å². The lowest BCUT2D eigenvalue weighted by atomic mass is 10.1. The van der Waals surface area contributed by atoms with Gasteiger partial charge in [0, 0.05) is 19.2 Å². The molecule has 3 aromatic carbocycles. The topological polar surface area (TPSA) is 57.7 Å². The Balaban J connectivity index is 1.68. The number of hydrogen-bond acceptors (Lipinski definition) is 4. The lowest BCUT2D eigenvalue weighted by molar-refractivity contribution is 0.102. The standard InChI is InChI=1S/C27H27N5/c28-20-12-2-1-9-19-27(32-26-18-11-10-17-25(26)29-30-32)31(21-23-13-5-3-6-14-23)22-24-15-7-4-8-16-24/h2-8,10-18,27H,1,9,19,21-22H2/b12-2+. The van der Waals surface area contributed by atoms with E-state index in [2.05, 4.69) is 92.7 Å². The van der Waals surface area contributed by atoms with Gasteiger partial charge in [-0.2, -0.15) is 5.26 Å². The number of nitrogens with zero attached hydrogens (tertiary/aromatic N) is 5. The molecule has 0 aliphatic carbocycles. The molecule has 1 atom stereocenters. The summed E-state index contributed by atoms with van der Waals surface area (Å²) in [5.74, 6) is 0. The summed E-state index contributed by atoms with van der Waals surface area (Å²) in [5.41, 5.74) is 4.47. The maximum absolute atomic E-state index is 8.79. The number of para-hydroxylation sites is 1. The Morgan fingerprint density at radius 1 is 0.875 bits per heavy atom. The van der Waals surface area contributed by atoms with Gasteiger partial charge in [-0.15, -0.1) is 5.10 Å². The second-order valence-electron chi connectivity index (χ2n) is 7.84. The van der Waals surface area contributed by atoms with E-state index in [-0.39, 0.29) is 6.17 Å². The van der Waals surface area contributed by atoms with E-state index < -0.39 is 0 Å². The van der Waals surface area contributed by atoms with E-state index in [9.17, 15) is 0 Å². The van der Waals surface area contributed by atoms with Crippen LogP contribution in [-0.2, 0) is 13.1 Å². The zero-order valence-corrected chi connectivity index (χ0v) is 18.1. The minimum atomic E-state index is 0.0401. The zero-order chi connectivity index (χ0) is 22.0. The highest BCUT2D eigenvalue weighted by Crippen LogP contribution is 2.27. The van der Waals surface area contributed by atoms with Crippen LogP contribution in [0, 0.1) is 11.3 Å². The third kappa shape index (κ3) is 5.48. The molecule has 0 fully saturated rings. The molecule has 0 radical (unpaired) electrons. The predicted molar refractivity (Wildman–Crippen MR) is 127 cm³/mol. The molecule has 0 amide bonds. The largest absolute Gasteiger partial charge is 0.273 e. The maximum atomic E-state index is 8.79. The molecule has 0 bridgehead atoms. The van der Waals surface area contributed by atoms with E-state index in [1.165, 1.54) is 11.1 Å². The van der Waals surface area contributed by atoms with Crippen LogP contribution in [-0.4, -0.2) is 19.9 Å². The van der Waals surface area contributed by atoms with Gasteiger partial charge in [-0.25, -0.2) is 4.68 Å². The van der Waals surface area contributed by atoms with Gasteiger partial charge in [-0.3, -0.25) is 4.90 Å². The van der Waals surface area contributed by atoms with Crippen LogP contribution in [0.1, 0.15) is 36.6 Å². The van der Waals surface area contributed by atoms with Crippen molar-refractivity contribution in [3.63, 3.8) is 0 Å². The number of hydrogen-bond donors (Lipinski definition) is 0. The molecule has 0 saturated heterocycles.